The van der Waals surface area contributed by atoms with E-state index in [1.165, 1.54) is 5.56 Å². The number of nitrogens with one attached hydrogen (secondary N) is 2. The van der Waals surface area contributed by atoms with E-state index in [9.17, 15) is 9.90 Å². The molecule has 1 aliphatic rings. The van der Waals surface area contributed by atoms with Crippen LogP contribution in [0.5, 0.6) is 0 Å². The number of carbonyl (C=O) groups is 1. The van der Waals surface area contributed by atoms with Gasteiger partial charge in [-0.3, -0.25) is 0 Å². The van der Waals surface area contributed by atoms with Crippen molar-refractivity contribution in [3.8, 4) is 0 Å². The maximum atomic E-state index is 12.1. The number of carbonyl (C=O) groups excluding carboxylic acids is 1. The Bertz CT molecular complexity index is 504. The fraction of sp³-hybridized carbons (Fsp3) is 0.611. The van der Waals surface area contributed by atoms with Crippen molar-refractivity contribution in [1.82, 2.24) is 15.5 Å². The van der Waals surface area contributed by atoms with Gasteiger partial charge in [-0.15, -0.1) is 0 Å². The van der Waals surface area contributed by atoms with Gasteiger partial charge in [0.1, 0.15) is 0 Å². The number of benzene rings is 1. The quantitative estimate of drug-likeness (QED) is 0.686. The van der Waals surface area contributed by atoms with Crippen LogP contribution in [0.3, 0.4) is 0 Å². The molecule has 1 saturated carbocycles. The number of amides is 2. The summed E-state index contributed by atoms with van der Waals surface area (Å²) in [5, 5.41) is 15.4. The molecule has 0 aliphatic heterocycles. The summed E-state index contributed by atoms with van der Waals surface area (Å²) in [5.41, 5.74) is 0.757. The van der Waals surface area contributed by atoms with Gasteiger partial charge in [0.05, 0.1) is 12.1 Å². The van der Waals surface area contributed by atoms with Crippen LogP contribution in [0.2, 0.25) is 0 Å². The van der Waals surface area contributed by atoms with Crippen molar-refractivity contribution < 1.29 is 9.90 Å². The number of nitrogens with zero attached hydrogens (tertiary/aromatic N) is 1. The van der Waals surface area contributed by atoms with E-state index >= 15 is 0 Å². The fourth-order valence-electron chi connectivity index (χ4n) is 2.98. The van der Waals surface area contributed by atoms with Crippen molar-refractivity contribution in [2.24, 2.45) is 5.92 Å². The van der Waals surface area contributed by atoms with E-state index < -0.39 is 5.54 Å². The summed E-state index contributed by atoms with van der Waals surface area (Å²) in [5.74, 6) is 0.398. The Hall–Kier alpha value is -1.59. The first-order valence-electron chi connectivity index (χ1n) is 8.35. The van der Waals surface area contributed by atoms with E-state index in [1.54, 1.807) is 0 Å². The summed E-state index contributed by atoms with van der Waals surface area (Å²) < 4.78 is 0. The van der Waals surface area contributed by atoms with Crippen LogP contribution in [0.1, 0.15) is 32.3 Å². The van der Waals surface area contributed by atoms with Gasteiger partial charge in [0, 0.05) is 19.1 Å². The lowest BCUT2D eigenvalue weighted by molar-refractivity contribution is 0.153. The molecule has 3 N–H and O–H groups in total. The molecule has 5 heteroatoms. The minimum atomic E-state index is -0.500. The molecule has 1 aromatic carbocycles. The zero-order chi connectivity index (χ0) is 16.9. The molecule has 1 aliphatic carbocycles. The summed E-state index contributed by atoms with van der Waals surface area (Å²) in [6.45, 7) is 5.50. The van der Waals surface area contributed by atoms with E-state index in [1.807, 2.05) is 39.1 Å². The topological polar surface area (TPSA) is 64.6 Å². The van der Waals surface area contributed by atoms with Crippen molar-refractivity contribution in [3.63, 3.8) is 0 Å². The molecule has 2 unspecified atom stereocenters. The van der Waals surface area contributed by atoms with Crippen LogP contribution in [-0.4, -0.2) is 47.8 Å². The lowest BCUT2D eigenvalue weighted by Crippen LogP contribution is -2.56. The molecular weight excluding hydrogens is 290 g/mol. The molecule has 0 spiro atoms. The molecule has 0 radical (unpaired) electrons. The number of rotatable bonds is 8. The molecule has 5 nitrogen and oxygen atoms in total. The largest absolute Gasteiger partial charge is 0.394 e. The minimum Gasteiger partial charge on any atom is -0.394 e. The Morgan fingerprint density at radius 2 is 2.04 bits per heavy atom. The smallest absolute Gasteiger partial charge is 0.315 e. The van der Waals surface area contributed by atoms with Crippen LogP contribution >= 0.6 is 0 Å². The third-order valence-corrected chi connectivity index (χ3v) is 4.46. The summed E-state index contributed by atoms with van der Waals surface area (Å²) in [7, 11) is 2.05. The maximum absolute atomic E-state index is 12.1. The van der Waals surface area contributed by atoms with Crippen molar-refractivity contribution in [2.75, 3.05) is 20.2 Å². The molecule has 2 rings (SSSR count). The third kappa shape index (κ3) is 5.52. The van der Waals surface area contributed by atoms with E-state index in [0.29, 0.717) is 5.92 Å². The van der Waals surface area contributed by atoms with Crippen LogP contribution in [0, 0.1) is 5.92 Å². The van der Waals surface area contributed by atoms with Crippen LogP contribution in [-0.2, 0) is 6.54 Å². The molecule has 23 heavy (non-hydrogen) atoms. The molecule has 128 valence electrons. The number of likely N-dealkylation sites (N-methyl/N-ethyl adjacent to an activating group) is 1. The predicted molar refractivity (Wildman–Crippen MR) is 92.1 cm³/mol. The fourth-order valence-corrected chi connectivity index (χ4v) is 2.98. The summed E-state index contributed by atoms with van der Waals surface area (Å²) >= 11 is 0. The van der Waals surface area contributed by atoms with Crippen LogP contribution in [0.15, 0.2) is 30.3 Å². The molecule has 1 fully saturated rings. The lowest BCUT2D eigenvalue weighted by atomic mass is 9.97. The van der Waals surface area contributed by atoms with Gasteiger partial charge in [-0.1, -0.05) is 30.3 Å². The Kier molecular flexibility index (Phi) is 6.02. The molecule has 0 saturated heterocycles. The van der Waals surface area contributed by atoms with E-state index in [0.717, 1.165) is 25.9 Å². The van der Waals surface area contributed by atoms with Gasteiger partial charge >= 0.3 is 6.03 Å². The second-order valence-corrected chi connectivity index (χ2v) is 7.03. The van der Waals surface area contributed by atoms with Crippen LogP contribution < -0.4 is 10.6 Å². The monoisotopic (exact) mass is 319 g/mol. The third-order valence-electron chi connectivity index (χ3n) is 4.46. The van der Waals surface area contributed by atoms with Crippen molar-refractivity contribution in [1.29, 1.82) is 0 Å². The van der Waals surface area contributed by atoms with Gasteiger partial charge in [-0.2, -0.15) is 0 Å². The van der Waals surface area contributed by atoms with Gasteiger partial charge < -0.3 is 20.6 Å². The van der Waals surface area contributed by atoms with Crippen molar-refractivity contribution >= 4 is 6.03 Å². The van der Waals surface area contributed by atoms with Gasteiger partial charge in [0.25, 0.3) is 0 Å². The molecule has 0 bridgehead atoms. The molecule has 0 heterocycles. The first kappa shape index (κ1) is 17.8. The van der Waals surface area contributed by atoms with Crippen LogP contribution in [0.25, 0.3) is 0 Å². The Morgan fingerprint density at radius 3 is 2.61 bits per heavy atom. The average Bonchev–Trinajstić information content (AvgIpc) is 3.32. The molecular formula is C18H29N3O2. The maximum Gasteiger partial charge on any atom is 0.315 e. The molecule has 2 amide bonds. The van der Waals surface area contributed by atoms with Crippen LogP contribution in [0.4, 0.5) is 4.79 Å². The predicted octanol–water partition coefficient (Wildman–Crippen LogP) is 1.97. The highest BCUT2D eigenvalue weighted by atomic mass is 16.3. The first-order chi connectivity index (χ1) is 10.9. The molecule has 1 aromatic rings. The number of aliphatic hydroxyl groups is 1. The Labute approximate surface area is 139 Å². The molecule has 2 atom stereocenters. The van der Waals surface area contributed by atoms with E-state index in [-0.39, 0.29) is 18.7 Å². The highest BCUT2D eigenvalue weighted by Gasteiger charge is 2.42. The Balaban J connectivity index is 1.75. The number of aliphatic hydroxyl groups excluding tert-OH is 1. The summed E-state index contributed by atoms with van der Waals surface area (Å²) in [6.07, 6.45) is 2.15. The number of hydrogen-bond donors (Lipinski definition) is 3. The highest BCUT2D eigenvalue weighted by molar-refractivity contribution is 5.75. The Morgan fingerprint density at radius 1 is 1.39 bits per heavy atom. The van der Waals surface area contributed by atoms with Gasteiger partial charge in [0.15, 0.2) is 0 Å². The first-order valence-corrected chi connectivity index (χ1v) is 8.35. The van der Waals surface area contributed by atoms with Crippen molar-refractivity contribution in [3.05, 3.63) is 35.9 Å². The second-order valence-electron chi connectivity index (χ2n) is 7.03. The normalized spacial score (nSPS) is 18.3. The summed E-state index contributed by atoms with van der Waals surface area (Å²) in [6, 6.07) is 10.1. The van der Waals surface area contributed by atoms with Gasteiger partial charge in [0.2, 0.25) is 0 Å². The minimum absolute atomic E-state index is 0.0205. The summed E-state index contributed by atoms with van der Waals surface area (Å²) in [4.78, 5) is 14.3. The van der Waals surface area contributed by atoms with Gasteiger partial charge in [-0.25, -0.2) is 4.79 Å². The average molecular weight is 319 g/mol. The highest BCUT2D eigenvalue weighted by Crippen LogP contribution is 2.39. The number of hydrogen-bond acceptors (Lipinski definition) is 3. The lowest BCUT2D eigenvalue weighted by Gasteiger charge is -2.30. The standard InChI is InChI=1S/C18H29N3O2/c1-14(11-21(3)12-15-7-5-4-6-8-15)19-17(23)20-18(2,13-22)16-9-10-16/h4-8,14,16,22H,9-13H2,1-3H3,(H2,19,20,23). The second kappa shape index (κ2) is 7.79. The van der Waals surface area contributed by atoms with Gasteiger partial charge in [-0.05, 0) is 45.2 Å². The van der Waals surface area contributed by atoms with E-state index in [2.05, 4.69) is 27.7 Å². The molecule has 0 aromatic heterocycles. The van der Waals surface area contributed by atoms with Crippen molar-refractivity contribution in [2.45, 2.75) is 44.8 Å². The van der Waals surface area contributed by atoms with E-state index in [4.69, 9.17) is 0 Å². The number of urea groups is 1. The zero-order valence-electron chi connectivity index (χ0n) is 14.4. The zero-order valence-corrected chi connectivity index (χ0v) is 14.4. The SMILES string of the molecule is CC(CN(C)Cc1ccccc1)NC(=O)NC(C)(CO)C1CC1.